The Bertz CT molecular complexity index is 496. The summed E-state index contributed by atoms with van der Waals surface area (Å²) >= 11 is 0. The summed E-state index contributed by atoms with van der Waals surface area (Å²) in [6.45, 7) is 6.08. The van der Waals surface area contributed by atoms with Crippen molar-refractivity contribution in [3.05, 3.63) is 35.4 Å². The molecule has 0 bridgehead atoms. The van der Waals surface area contributed by atoms with Gasteiger partial charge in [0.1, 0.15) is 23.7 Å². The summed E-state index contributed by atoms with van der Waals surface area (Å²) < 4.78 is 10.2. The number of ether oxygens (including phenoxy) is 1. The van der Waals surface area contributed by atoms with Crippen LogP contribution in [0.25, 0.3) is 0 Å². The molecule has 2 rings (SSSR count). The van der Waals surface area contributed by atoms with E-state index in [0.717, 1.165) is 30.9 Å². The zero-order valence-electron chi connectivity index (χ0n) is 11.2. The van der Waals surface area contributed by atoms with E-state index in [1.54, 1.807) is 6.20 Å². The van der Waals surface area contributed by atoms with Gasteiger partial charge >= 0.3 is 0 Å². The summed E-state index contributed by atoms with van der Waals surface area (Å²) in [4.78, 5) is 4.33. The number of hydrogen-bond acceptors (Lipinski definition) is 6. The molecular formula is C13H18N4O2. The maximum absolute atomic E-state index is 5.57. The Morgan fingerprint density at radius 1 is 1.32 bits per heavy atom. The van der Waals surface area contributed by atoms with Crippen molar-refractivity contribution >= 4 is 0 Å². The van der Waals surface area contributed by atoms with Gasteiger partial charge in [-0.25, -0.2) is 4.63 Å². The highest BCUT2D eigenvalue weighted by Crippen LogP contribution is 2.12. The SMILES string of the molecule is CCCNCc1ccc(OCc2nonc2C)cn1. The van der Waals surface area contributed by atoms with Crippen LogP contribution in [0, 0.1) is 6.92 Å². The normalized spacial score (nSPS) is 10.6. The second kappa shape index (κ2) is 6.84. The van der Waals surface area contributed by atoms with Gasteiger partial charge in [-0.05, 0) is 32.0 Å². The Morgan fingerprint density at radius 2 is 2.21 bits per heavy atom. The maximum Gasteiger partial charge on any atom is 0.145 e. The van der Waals surface area contributed by atoms with Gasteiger partial charge in [0, 0.05) is 6.54 Å². The van der Waals surface area contributed by atoms with Crippen LogP contribution in [0.1, 0.15) is 30.4 Å². The highest BCUT2D eigenvalue weighted by Gasteiger charge is 2.05. The Labute approximate surface area is 112 Å². The second-order valence-corrected chi connectivity index (χ2v) is 4.25. The van der Waals surface area contributed by atoms with Crippen LogP contribution in [0.15, 0.2) is 23.0 Å². The molecule has 0 aliphatic heterocycles. The molecule has 0 amide bonds. The molecule has 0 aliphatic carbocycles. The molecule has 0 saturated carbocycles. The lowest BCUT2D eigenvalue weighted by Crippen LogP contribution is -2.14. The van der Waals surface area contributed by atoms with Gasteiger partial charge < -0.3 is 10.1 Å². The van der Waals surface area contributed by atoms with Crippen molar-refractivity contribution in [2.45, 2.75) is 33.4 Å². The third-order valence-electron chi connectivity index (χ3n) is 2.65. The number of pyridine rings is 1. The fraction of sp³-hybridized carbons (Fsp3) is 0.462. The minimum Gasteiger partial charge on any atom is -0.485 e. The third-order valence-corrected chi connectivity index (χ3v) is 2.65. The van der Waals surface area contributed by atoms with Crippen LogP contribution < -0.4 is 10.1 Å². The summed E-state index contributed by atoms with van der Waals surface area (Å²) in [7, 11) is 0. The zero-order chi connectivity index (χ0) is 13.5. The summed E-state index contributed by atoms with van der Waals surface area (Å²) in [6.07, 6.45) is 2.83. The molecule has 19 heavy (non-hydrogen) atoms. The molecule has 6 heteroatoms. The molecule has 0 atom stereocenters. The summed E-state index contributed by atoms with van der Waals surface area (Å²) in [5, 5.41) is 10.8. The van der Waals surface area contributed by atoms with Crippen molar-refractivity contribution in [2.24, 2.45) is 0 Å². The van der Waals surface area contributed by atoms with E-state index < -0.39 is 0 Å². The second-order valence-electron chi connectivity index (χ2n) is 4.25. The van der Waals surface area contributed by atoms with Crippen molar-refractivity contribution in [2.75, 3.05) is 6.54 Å². The van der Waals surface area contributed by atoms with Gasteiger partial charge in [-0.15, -0.1) is 0 Å². The van der Waals surface area contributed by atoms with Crippen molar-refractivity contribution in [3.63, 3.8) is 0 Å². The molecule has 0 spiro atoms. The number of hydrogen-bond donors (Lipinski definition) is 1. The minimum absolute atomic E-state index is 0.338. The highest BCUT2D eigenvalue weighted by atomic mass is 16.6. The average molecular weight is 262 g/mol. The van der Waals surface area contributed by atoms with E-state index in [1.807, 2.05) is 19.1 Å². The van der Waals surface area contributed by atoms with Crippen molar-refractivity contribution in [3.8, 4) is 5.75 Å². The molecule has 0 fully saturated rings. The molecule has 102 valence electrons. The van der Waals surface area contributed by atoms with E-state index in [1.165, 1.54) is 0 Å². The first-order chi connectivity index (χ1) is 9.29. The molecule has 6 nitrogen and oxygen atoms in total. The van der Waals surface area contributed by atoms with Gasteiger partial charge in [0.25, 0.3) is 0 Å². The van der Waals surface area contributed by atoms with Gasteiger partial charge in [-0.3, -0.25) is 4.98 Å². The van der Waals surface area contributed by atoms with E-state index in [4.69, 9.17) is 4.74 Å². The van der Waals surface area contributed by atoms with Gasteiger partial charge in [-0.1, -0.05) is 17.2 Å². The number of rotatable bonds is 7. The monoisotopic (exact) mass is 262 g/mol. The fourth-order valence-corrected chi connectivity index (χ4v) is 1.53. The van der Waals surface area contributed by atoms with Gasteiger partial charge in [-0.2, -0.15) is 0 Å². The predicted molar refractivity (Wildman–Crippen MR) is 69.6 cm³/mol. The third kappa shape index (κ3) is 4.03. The smallest absolute Gasteiger partial charge is 0.145 e. The number of nitrogens with one attached hydrogen (secondary N) is 1. The number of nitrogens with zero attached hydrogens (tertiary/aromatic N) is 3. The number of aryl methyl sites for hydroxylation is 1. The van der Waals surface area contributed by atoms with Gasteiger partial charge in [0.15, 0.2) is 0 Å². The molecule has 0 aromatic carbocycles. The minimum atomic E-state index is 0.338. The van der Waals surface area contributed by atoms with Crippen LogP contribution in [-0.4, -0.2) is 21.8 Å². The quantitative estimate of drug-likeness (QED) is 0.768. The standard InChI is InChI=1S/C13H18N4O2/c1-3-6-14-7-11-4-5-12(8-15-11)18-9-13-10(2)16-19-17-13/h4-5,8,14H,3,6-7,9H2,1-2H3. The average Bonchev–Trinajstić information content (AvgIpc) is 2.84. The van der Waals surface area contributed by atoms with Crippen molar-refractivity contribution < 1.29 is 9.37 Å². The molecular weight excluding hydrogens is 244 g/mol. The van der Waals surface area contributed by atoms with E-state index >= 15 is 0 Å². The first kappa shape index (κ1) is 13.5. The Morgan fingerprint density at radius 3 is 2.84 bits per heavy atom. The first-order valence-corrected chi connectivity index (χ1v) is 6.36. The lowest BCUT2D eigenvalue weighted by molar-refractivity contribution is 0.269. The largest absolute Gasteiger partial charge is 0.485 e. The fourth-order valence-electron chi connectivity index (χ4n) is 1.53. The van der Waals surface area contributed by atoms with Crippen LogP contribution in [0.2, 0.25) is 0 Å². The van der Waals surface area contributed by atoms with Crippen LogP contribution in [0.5, 0.6) is 5.75 Å². The van der Waals surface area contributed by atoms with Gasteiger partial charge in [0.05, 0.1) is 11.9 Å². The van der Waals surface area contributed by atoms with E-state index in [0.29, 0.717) is 18.1 Å². The van der Waals surface area contributed by atoms with E-state index in [9.17, 15) is 0 Å². The molecule has 0 radical (unpaired) electrons. The van der Waals surface area contributed by atoms with Gasteiger partial charge in [0.2, 0.25) is 0 Å². The van der Waals surface area contributed by atoms with E-state index in [2.05, 4.69) is 32.2 Å². The first-order valence-electron chi connectivity index (χ1n) is 6.36. The maximum atomic E-state index is 5.57. The highest BCUT2D eigenvalue weighted by molar-refractivity contribution is 5.20. The zero-order valence-corrected chi connectivity index (χ0v) is 11.2. The van der Waals surface area contributed by atoms with Crippen LogP contribution in [-0.2, 0) is 13.2 Å². The molecule has 1 N–H and O–H groups in total. The van der Waals surface area contributed by atoms with Crippen LogP contribution in [0.3, 0.4) is 0 Å². The molecule has 0 saturated heterocycles. The summed E-state index contributed by atoms with van der Waals surface area (Å²) in [5.74, 6) is 0.710. The molecule has 2 heterocycles. The molecule has 0 unspecified atom stereocenters. The molecule has 2 aromatic heterocycles. The summed E-state index contributed by atoms with van der Waals surface area (Å²) in [5.41, 5.74) is 2.45. The number of aromatic nitrogens is 3. The summed E-state index contributed by atoms with van der Waals surface area (Å²) in [6, 6.07) is 3.85. The topological polar surface area (TPSA) is 73.1 Å². The lowest BCUT2D eigenvalue weighted by atomic mass is 10.3. The van der Waals surface area contributed by atoms with Crippen molar-refractivity contribution in [1.29, 1.82) is 0 Å². The molecule has 0 aliphatic rings. The molecule has 2 aromatic rings. The van der Waals surface area contributed by atoms with Crippen LogP contribution >= 0.6 is 0 Å². The lowest BCUT2D eigenvalue weighted by Gasteiger charge is -2.05. The Balaban J connectivity index is 1.83. The van der Waals surface area contributed by atoms with Crippen LogP contribution in [0.4, 0.5) is 0 Å². The van der Waals surface area contributed by atoms with Crippen molar-refractivity contribution in [1.82, 2.24) is 20.6 Å². The Kier molecular flexibility index (Phi) is 4.85. The predicted octanol–water partition coefficient (Wildman–Crippen LogP) is 1.85. The Hall–Kier alpha value is -1.95. The van der Waals surface area contributed by atoms with E-state index in [-0.39, 0.29) is 0 Å².